The highest BCUT2D eigenvalue weighted by Crippen LogP contribution is 2.30. The highest BCUT2D eigenvalue weighted by molar-refractivity contribution is 6.32. The van der Waals surface area contributed by atoms with E-state index in [9.17, 15) is 13.2 Å². The van der Waals surface area contributed by atoms with E-state index in [0.29, 0.717) is 23.1 Å². The molecule has 0 fully saturated rings. The van der Waals surface area contributed by atoms with Crippen molar-refractivity contribution >= 4 is 23.5 Å². The van der Waals surface area contributed by atoms with Gasteiger partial charge in [-0.2, -0.15) is 18.3 Å². The normalized spacial score (nSPS) is 11.6. The van der Waals surface area contributed by atoms with Gasteiger partial charge >= 0.3 is 6.18 Å². The Morgan fingerprint density at radius 2 is 1.68 bits per heavy atom. The number of hydrazone groups is 1. The SMILES string of the molecule is FC(F)(F)c1ccc(NN=Cc2ccc(OCc3ccccc3)c(Cl)c2)cc1. The molecule has 3 aromatic rings. The van der Waals surface area contributed by atoms with Crippen molar-refractivity contribution < 1.29 is 17.9 Å². The van der Waals surface area contributed by atoms with Gasteiger partial charge in [0.05, 0.1) is 22.5 Å². The van der Waals surface area contributed by atoms with Crippen molar-refractivity contribution in [3.8, 4) is 5.75 Å². The molecular formula is C21H16ClF3N2O. The lowest BCUT2D eigenvalue weighted by atomic mass is 10.2. The molecule has 144 valence electrons. The minimum absolute atomic E-state index is 0.406. The minimum atomic E-state index is -4.36. The number of nitrogens with zero attached hydrogens (tertiary/aromatic N) is 1. The number of rotatable bonds is 6. The summed E-state index contributed by atoms with van der Waals surface area (Å²) < 4.78 is 43.3. The lowest BCUT2D eigenvalue weighted by Gasteiger charge is -2.09. The van der Waals surface area contributed by atoms with E-state index in [0.717, 1.165) is 23.3 Å². The van der Waals surface area contributed by atoms with Gasteiger partial charge in [-0.3, -0.25) is 5.43 Å². The summed E-state index contributed by atoms with van der Waals surface area (Å²) in [6, 6.07) is 19.6. The van der Waals surface area contributed by atoms with Crippen LogP contribution < -0.4 is 10.2 Å². The summed E-state index contributed by atoms with van der Waals surface area (Å²) >= 11 is 6.24. The molecule has 0 unspecified atom stereocenters. The third-order valence-electron chi connectivity index (χ3n) is 3.81. The molecule has 0 atom stereocenters. The molecular weight excluding hydrogens is 389 g/mol. The molecule has 0 radical (unpaired) electrons. The van der Waals surface area contributed by atoms with Crippen molar-refractivity contribution in [1.82, 2.24) is 0 Å². The van der Waals surface area contributed by atoms with Gasteiger partial charge in [-0.25, -0.2) is 0 Å². The van der Waals surface area contributed by atoms with E-state index in [2.05, 4.69) is 10.5 Å². The Balaban J connectivity index is 1.58. The lowest BCUT2D eigenvalue weighted by Crippen LogP contribution is -2.04. The smallest absolute Gasteiger partial charge is 0.416 e. The Morgan fingerprint density at radius 1 is 0.964 bits per heavy atom. The Bertz CT molecular complexity index is 942. The standard InChI is InChI=1S/C21H16ClF3N2O/c22-19-12-16(6-11-20(19)28-14-15-4-2-1-3-5-15)13-26-27-18-9-7-17(8-10-18)21(23,24)25/h1-13,27H,14H2. The van der Waals surface area contributed by atoms with Gasteiger partial charge in [0, 0.05) is 0 Å². The second-order valence-corrected chi connectivity index (χ2v) is 6.32. The lowest BCUT2D eigenvalue weighted by molar-refractivity contribution is -0.137. The molecule has 0 aliphatic carbocycles. The van der Waals surface area contributed by atoms with Gasteiger partial charge in [-0.15, -0.1) is 0 Å². The van der Waals surface area contributed by atoms with E-state index in [1.54, 1.807) is 18.2 Å². The number of nitrogens with one attached hydrogen (secondary N) is 1. The molecule has 0 heterocycles. The minimum Gasteiger partial charge on any atom is -0.487 e. The van der Waals surface area contributed by atoms with E-state index in [4.69, 9.17) is 16.3 Å². The molecule has 3 nitrogen and oxygen atoms in total. The molecule has 0 aromatic heterocycles. The number of halogens is 4. The Morgan fingerprint density at radius 3 is 2.32 bits per heavy atom. The zero-order valence-corrected chi connectivity index (χ0v) is 15.3. The molecule has 3 rings (SSSR count). The first-order valence-corrected chi connectivity index (χ1v) is 8.72. The predicted octanol–water partition coefficient (Wildman–Crippen LogP) is 6.38. The third kappa shape index (κ3) is 5.50. The largest absolute Gasteiger partial charge is 0.487 e. The van der Waals surface area contributed by atoms with E-state index >= 15 is 0 Å². The number of ether oxygens (including phenoxy) is 1. The highest BCUT2D eigenvalue weighted by Gasteiger charge is 2.29. The van der Waals surface area contributed by atoms with Crippen molar-refractivity contribution in [2.45, 2.75) is 12.8 Å². The van der Waals surface area contributed by atoms with Crippen LogP contribution >= 0.6 is 11.6 Å². The van der Waals surface area contributed by atoms with Crippen LogP contribution in [0.15, 0.2) is 77.9 Å². The summed E-state index contributed by atoms with van der Waals surface area (Å²) in [4.78, 5) is 0. The second-order valence-electron chi connectivity index (χ2n) is 5.91. The summed E-state index contributed by atoms with van der Waals surface area (Å²) in [6.45, 7) is 0.406. The maximum Gasteiger partial charge on any atom is 0.416 e. The quantitative estimate of drug-likeness (QED) is 0.382. The molecule has 0 amide bonds. The maximum absolute atomic E-state index is 12.5. The fourth-order valence-electron chi connectivity index (χ4n) is 2.36. The summed E-state index contributed by atoms with van der Waals surface area (Å²) in [7, 11) is 0. The van der Waals surface area contributed by atoms with E-state index in [1.165, 1.54) is 18.3 Å². The van der Waals surface area contributed by atoms with Crippen LogP contribution in [-0.2, 0) is 12.8 Å². The third-order valence-corrected chi connectivity index (χ3v) is 4.11. The number of alkyl halides is 3. The average molecular weight is 405 g/mol. The van der Waals surface area contributed by atoms with Gasteiger partial charge in [0.2, 0.25) is 0 Å². The average Bonchev–Trinajstić information content (AvgIpc) is 2.68. The van der Waals surface area contributed by atoms with Crippen molar-refractivity contribution in [2.24, 2.45) is 5.10 Å². The molecule has 0 aliphatic rings. The summed E-state index contributed by atoms with van der Waals surface area (Å²) in [5, 5.41) is 4.45. The molecule has 7 heteroatoms. The van der Waals surface area contributed by atoms with Crippen LogP contribution in [0, 0.1) is 0 Å². The zero-order valence-electron chi connectivity index (χ0n) is 14.6. The number of hydrogen-bond donors (Lipinski definition) is 1. The van der Waals surface area contributed by atoms with Crippen LogP contribution in [0.4, 0.5) is 18.9 Å². The molecule has 0 aliphatic heterocycles. The van der Waals surface area contributed by atoms with Crippen molar-refractivity contribution in [2.75, 3.05) is 5.43 Å². The number of benzene rings is 3. The number of hydrogen-bond acceptors (Lipinski definition) is 3. The highest BCUT2D eigenvalue weighted by atomic mass is 35.5. The molecule has 0 saturated heterocycles. The second kappa shape index (κ2) is 8.80. The summed E-state index contributed by atoms with van der Waals surface area (Å²) in [6.07, 6.45) is -2.84. The van der Waals surface area contributed by atoms with Crippen molar-refractivity contribution in [3.63, 3.8) is 0 Å². The molecule has 0 bridgehead atoms. The Kier molecular flexibility index (Phi) is 6.21. The molecule has 1 N–H and O–H groups in total. The van der Waals surface area contributed by atoms with E-state index in [1.807, 2.05) is 30.3 Å². The predicted molar refractivity (Wildman–Crippen MR) is 105 cm³/mol. The fourth-order valence-corrected chi connectivity index (χ4v) is 2.61. The summed E-state index contributed by atoms with van der Waals surface area (Å²) in [5.41, 5.74) is 4.17. The maximum atomic E-state index is 12.5. The number of anilines is 1. The monoisotopic (exact) mass is 404 g/mol. The fraction of sp³-hybridized carbons (Fsp3) is 0.0952. The topological polar surface area (TPSA) is 33.6 Å². The first-order chi connectivity index (χ1) is 13.4. The van der Waals surface area contributed by atoms with Crippen LogP contribution in [0.2, 0.25) is 5.02 Å². The first kappa shape index (κ1) is 19.8. The van der Waals surface area contributed by atoms with Gasteiger partial charge in [0.25, 0.3) is 0 Å². The summed E-state index contributed by atoms with van der Waals surface area (Å²) in [5.74, 6) is 0.554. The molecule has 0 saturated carbocycles. The van der Waals surface area contributed by atoms with E-state index < -0.39 is 11.7 Å². The molecule has 3 aromatic carbocycles. The van der Waals surface area contributed by atoms with Crippen LogP contribution in [0.5, 0.6) is 5.75 Å². The van der Waals surface area contributed by atoms with Gasteiger partial charge in [0.15, 0.2) is 0 Å². The van der Waals surface area contributed by atoms with Gasteiger partial charge in [-0.1, -0.05) is 41.9 Å². The van der Waals surface area contributed by atoms with Crippen LogP contribution in [0.3, 0.4) is 0 Å². The van der Waals surface area contributed by atoms with Gasteiger partial charge in [0.1, 0.15) is 12.4 Å². The van der Waals surface area contributed by atoms with Crippen LogP contribution in [0.25, 0.3) is 0 Å². The van der Waals surface area contributed by atoms with Crippen molar-refractivity contribution in [1.29, 1.82) is 0 Å². The Labute approximate surface area is 165 Å². The first-order valence-electron chi connectivity index (χ1n) is 8.34. The zero-order chi connectivity index (χ0) is 20.0. The molecule has 0 spiro atoms. The molecule has 28 heavy (non-hydrogen) atoms. The Hall–Kier alpha value is -2.99. The van der Waals surface area contributed by atoms with Crippen molar-refractivity contribution in [3.05, 3.63) is 94.5 Å². The van der Waals surface area contributed by atoms with Crippen LogP contribution in [-0.4, -0.2) is 6.21 Å². The van der Waals surface area contributed by atoms with Gasteiger partial charge < -0.3 is 4.74 Å². The van der Waals surface area contributed by atoms with Crippen LogP contribution in [0.1, 0.15) is 16.7 Å². The van der Waals surface area contributed by atoms with Gasteiger partial charge in [-0.05, 0) is 53.6 Å². The van der Waals surface area contributed by atoms with E-state index in [-0.39, 0.29) is 0 Å².